The molecule has 1 aromatic carbocycles. The van der Waals surface area contributed by atoms with Gasteiger partial charge >= 0.3 is 0 Å². The van der Waals surface area contributed by atoms with Crippen molar-refractivity contribution in [3.63, 3.8) is 0 Å². The number of Topliss-reactive ketones (excluding diaryl/α,β-unsaturated/α-hetero) is 1. The van der Waals surface area contributed by atoms with Crippen molar-refractivity contribution in [2.24, 2.45) is 0 Å². The van der Waals surface area contributed by atoms with Gasteiger partial charge in [-0.1, -0.05) is 23.2 Å². The standard InChI is InChI=1S/C9H6Cl2F2O/c1-4(14)5-2-8(11)6(9(12)13)3-7(5)10/h2-3,9H,1H3. The Labute approximate surface area is 89.6 Å². The third-order valence-corrected chi connectivity index (χ3v) is 2.34. The number of alkyl halides is 2. The summed E-state index contributed by atoms with van der Waals surface area (Å²) in [4.78, 5) is 11.0. The summed E-state index contributed by atoms with van der Waals surface area (Å²) in [6.07, 6.45) is -2.69. The molecule has 76 valence electrons. The van der Waals surface area contributed by atoms with E-state index in [-0.39, 0.29) is 27.0 Å². The Morgan fingerprint density at radius 2 is 1.86 bits per heavy atom. The summed E-state index contributed by atoms with van der Waals surface area (Å²) in [6, 6.07) is 2.18. The summed E-state index contributed by atoms with van der Waals surface area (Å²) in [7, 11) is 0. The molecule has 0 bridgehead atoms. The van der Waals surface area contributed by atoms with E-state index in [1.165, 1.54) is 6.92 Å². The van der Waals surface area contributed by atoms with Gasteiger partial charge in [-0.05, 0) is 19.1 Å². The predicted octanol–water partition coefficient (Wildman–Crippen LogP) is 4.13. The Balaban J connectivity index is 3.31. The molecule has 1 rings (SSSR count). The van der Waals surface area contributed by atoms with Crippen LogP contribution in [0.1, 0.15) is 29.3 Å². The second-order valence-electron chi connectivity index (χ2n) is 2.71. The van der Waals surface area contributed by atoms with E-state index in [0.29, 0.717) is 0 Å². The summed E-state index contributed by atoms with van der Waals surface area (Å²) in [5.41, 5.74) is -0.206. The maximum Gasteiger partial charge on any atom is 0.265 e. The molecule has 0 amide bonds. The number of hydrogen-bond acceptors (Lipinski definition) is 1. The fourth-order valence-corrected chi connectivity index (χ4v) is 1.55. The Hall–Kier alpha value is -0.670. The van der Waals surface area contributed by atoms with Gasteiger partial charge in [0.05, 0.1) is 10.0 Å². The predicted molar refractivity (Wildman–Crippen MR) is 51.4 cm³/mol. The lowest BCUT2D eigenvalue weighted by molar-refractivity contribution is 0.101. The van der Waals surface area contributed by atoms with Crippen LogP contribution in [0.4, 0.5) is 8.78 Å². The van der Waals surface area contributed by atoms with Gasteiger partial charge in [0.2, 0.25) is 0 Å². The Kier molecular flexibility index (Phi) is 3.45. The van der Waals surface area contributed by atoms with E-state index < -0.39 is 6.43 Å². The molecule has 0 atom stereocenters. The van der Waals surface area contributed by atoms with Gasteiger partial charge in [0.15, 0.2) is 5.78 Å². The van der Waals surface area contributed by atoms with Crippen LogP contribution in [0.5, 0.6) is 0 Å². The number of hydrogen-bond donors (Lipinski definition) is 0. The second-order valence-corrected chi connectivity index (χ2v) is 3.52. The minimum atomic E-state index is -2.69. The summed E-state index contributed by atoms with van der Waals surface area (Å²) in [6.45, 7) is 1.29. The molecule has 14 heavy (non-hydrogen) atoms. The van der Waals surface area contributed by atoms with Crippen molar-refractivity contribution in [2.75, 3.05) is 0 Å². The molecular formula is C9H6Cl2F2O. The molecule has 0 spiro atoms. The van der Waals surface area contributed by atoms with Crippen molar-refractivity contribution in [1.29, 1.82) is 0 Å². The summed E-state index contributed by atoms with van der Waals surface area (Å²) in [5.74, 6) is -0.308. The Morgan fingerprint density at radius 3 is 2.29 bits per heavy atom. The fraction of sp³-hybridized carbons (Fsp3) is 0.222. The summed E-state index contributed by atoms with van der Waals surface area (Å²) in [5, 5.41) is -0.146. The highest BCUT2D eigenvalue weighted by atomic mass is 35.5. The van der Waals surface area contributed by atoms with Crippen molar-refractivity contribution in [3.8, 4) is 0 Å². The molecule has 0 aromatic heterocycles. The van der Waals surface area contributed by atoms with E-state index in [1.54, 1.807) is 0 Å². The van der Waals surface area contributed by atoms with E-state index in [1.807, 2.05) is 0 Å². The van der Waals surface area contributed by atoms with Crippen molar-refractivity contribution >= 4 is 29.0 Å². The largest absolute Gasteiger partial charge is 0.294 e. The molecule has 0 saturated carbocycles. The van der Waals surface area contributed by atoms with E-state index in [4.69, 9.17) is 23.2 Å². The van der Waals surface area contributed by atoms with Crippen LogP contribution in [0.15, 0.2) is 12.1 Å². The van der Waals surface area contributed by atoms with E-state index in [0.717, 1.165) is 12.1 Å². The molecule has 0 aliphatic heterocycles. The fourth-order valence-electron chi connectivity index (χ4n) is 0.999. The first-order chi connectivity index (χ1) is 6.43. The van der Waals surface area contributed by atoms with Gasteiger partial charge in [0.25, 0.3) is 6.43 Å². The minimum Gasteiger partial charge on any atom is -0.294 e. The van der Waals surface area contributed by atoms with Gasteiger partial charge < -0.3 is 0 Å². The number of ketones is 1. The van der Waals surface area contributed by atoms with E-state index in [2.05, 4.69) is 0 Å². The highest BCUT2D eigenvalue weighted by molar-refractivity contribution is 6.36. The lowest BCUT2D eigenvalue weighted by Crippen LogP contribution is -1.96. The molecule has 0 unspecified atom stereocenters. The molecule has 0 aliphatic rings. The topological polar surface area (TPSA) is 17.1 Å². The molecule has 1 aromatic rings. The minimum absolute atomic E-state index is 0.00259. The van der Waals surface area contributed by atoms with Crippen molar-refractivity contribution < 1.29 is 13.6 Å². The maximum atomic E-state index is 12.3. The average Bonchev–Trinajstić information content (AvgIpc) is 2.07. The molecule has 0 aliphatic carbocycles. The summed E-state index contributed by atoms with van der Waals surface area (Å²) >= 11 is 11.2. The van der Waals surface area contributed by atoms with Crippen LogP contribution in [0, 0.1) is 0 Å². The first kappa shape index (κ1) is 11.4. The third kappa shape index (κ3) is 2.22. The second kappa shape index (κ2) is 4.24. The van der Waals surface area contributed by atoms with Gasteiger partial charge in [-0.2, -0.15) is 0 Å². The van der Waals surface area contributed by atoms with Crippen LogP contribution in [0.3, 0.4) is 0 Å². The first-order valence-electron chi connectivity index (χ1n) is 3.71. The maximum absolute atomic E-state index is 12.3. The van der Waals surface area contributed by atoms with Crippen LogP contribution >= 0.6 is 23.2 Å². The first-order valence-corrected chi connectivity index (χ1v) is 4.47. The van der Waals surface area contributed by atoms with Crippen molar-refractivity contribution in [3.05, 3.63) is 33.3 Å². The Bertz CT molecular complexity index is 377. The molecule has 5 heteroatoms. The average molecular weight is 239 g/mol. The van der Waals surface area contributed by atoms with Gasteiger partial charge in [-0.25, -0.2) is 8.78 Å². The smallest absolute Gasteiger partial charge is 0.265 e. The number of carbonyl (C=O) groups excluding carboxylic acids is 1. The summed E-state index contributed by atoms with van der Waals surface area (Å²) < 4.78 is 24.6. The van der Waals surface area contributed by atoms with Crippen LogP contribution < -0.4 is 0 Å². The van der Waals surface area contributed by atoms with E-state index >= 15 is 0 Å². The SMILES string of the molecule is CC(=O)c1cc(Cl)c(C(F)F)cc1Cl. The number of rotatable bonds is 2. The molecule has 0 saturated heterocycles. The van der Waals surface area contributed by atoms with Crippen molar-refractivity contribution in [2.45, 2.75) is 13.3 Å². The van der Waals surface area contributed by atoms with Crippen LogP contribution in [-0.2, 0) is 0 Å². The quantitative estimate of drug-likeness (QED) is 0.709. The monoisotopic (exact) mass is 238 g/mol. The zero-order valence-electron chi connectivity index (χ0n) is 7.15. The highest BCUT2D eigenvalue weighted by Gasteiger charge is 2.16. The molecule has 0 N–H and O–H groups in total. The van der Waals surface area contributed by atoms with Gasteiger partial charge in [0.1, 0.15) is 0 Å². The molecular weight excluding hydrogens is 233 g/mol. The number of carbonyl (C=O) groups is 1. The normalized spacial score (nSPS) is 10.7. The lowest BCUT2D eigenvalue weighted by atomic mass is 10.1. The van der Waals surface area contributed by atoms with Gasteiger partial charge in [0, 0.05) is 11.1 Å². The van der Waals surface area contributed by atoms with Crippen LogP contribution in [-0.4, -0.2) is 5.78 Å². The number of benzene rings is 1. The van der Waals surface area contributed by atoms with Crippen LogP contribution in [0.25, 0.3) is 0 Å². The number of halogens is 4. The molecule has 0 heterocycles. The zero-order chi connectivity index (χ0) is 10.9. The lowest BCUT2D eigenvalue weighted by Gasteiger charge is -2.06. The van der Waals surface area contributed by atoms with E-state index in [9.17, 15) is 13.6 Å². The van der Waals surface area contributed by atoms with Gasteiger partial charge in [-0.3, -0.25) is 4.79 Å². The Morgan fingerprint density at radius 1 is 1.29 bits per heavy atom. The molecule has 0 radical (unpaired) electrons. The highest BCUT2D eigenvalue weighted by Crippen LogP contribution is 2.32. The van der Waals surface area contributed by atoms with Crippen molar-refractivity contribution in [1.82, 2.24) is 0 Å². The van der Waals surface area contributed by atoms with Crippen LogP contribution in [0.2, 0.25) is 10.0 Å². The molecule has 1 nitrogen and oxygen atoms in total. The molecule has 0 fully saturated rings. The van der Waals surface area contributed by atoms with Gasteiger partial charge in [-0.15, -0.1) is 0 Å². The third-order valence-electron chi connectivity index (χ3n) is 1.70. The zero-order valence-corrected chi connectivity index (χ0v) is 8.66.